The number of carbonyl (C=O) groups excluding carboxylic acids is 1. The van der Waals surface area contributed by atoms with Gasteiger partial charge < -0.3 is 20.3 Å². The molecular formula is C29H31ClN2O8S. The lowest BCUT2D eigenvalue weighted by Gasteiger charge is -2.29. The topological polar surface area (TPSA) is 153 Å². The lowest BCUT2D eigenvalue weighted by molar-refractivity contribution is -0.159. The maximum absolute atomic E-state index is 13.3. The number of nitrogens with one attached hydrogen (secondary N) is 1. The van der Waals surface area contributed by atoms with Crippen molar-refractivity contribution < 1.29 is 38.1 Å². The van der Waals surface area contributed by atoms with Gasteiger partial charge in [0.2, 0.25) is 5.91 Å². The Morgan fingerprint density at radius 3 is 1.98 bits per heavy atom. The summed E-state index contributed by atoms with van der Waals surface area (Å²) in [6, 6.07) is 18.9. The van der Waals surface area contributed by atoms with Crippen LogP contribution < -0.4 is 14.4 Å². The molecule has 0 bridgehead atoms. The Morgan fingerprint density at radius 1 is 0.902 bits per heavy atom. The first-order chi connectivity index (χ1) is 19.6. The maximum Gasteiger partial charge on any atom is 0.356 e. The molecule has 3 aromatic rings. The molecule has 0 aliphatic carbocycles. The molecule has 0 saturated heterocycles. The lowest BCUT2D eigenvalue weighted by atomic mass is 10.0. The smallest absolute Gasteiger partial charge is 0.356 e. The van der Waals surface area contributed by atoms with Crippen LogP contribution in [0.1, 0.15) is 31.7 Å². The minimum absolute atomic E-state index is 0.00416. The Morgan fingerprint density at radius 2 is 1.46 bits per heavy atom. The summed E-state index contributed by atoms with van der Waals surface area (Å²) >= 11 is 3.42. The van der Waals surface area contributed by atoms with Gasteiger partial charge in [-0.3, -0.25) is 13.7 Å². The molecule has 3 rings (SSSR count). The summed E-state index contributed by atoms with van der Waals surface area (Å²) in [6.07, 6.45) is 0.581. The van der Waals surface area contributed by atoms with Gasteiger partial charge in [0.1, 0.15) is 11.8 Å². The standard InChI is InChI=1S/C29H31ClN2O8S/c1-2-3-4-17-31-27(33)25(18-19-5-15-24(16-6-19)40-26(28(34)35)29(36)37)32(41(38)39)23-13-9-21(10-14-23)20-7-11-22(30)12-8-20/h5-16,25-26H,2-4,17-18H2,1H3,(H,31,33)(H,34,35)(H,36,37)(H,38,39). The summed E-state index contributed by atoms with van der Waals surface area (Å²) in [4.78, 5) is 35.6. The fraction of sp³-hybridized carbons (Fsp3) is 0.276. The fourth-order valence-electron chi connectivity index (χ4n) is 4.08. The average Bonchev–Trinajstić information content (AvgIpc) is 2.94. The van der Waals surface area contributed by atoms with Crippen molar-refractivity contribution in [2.24, 2.45) is 0 Å². The van der Waals surface area contributed by atoms with Gasteiger partial charge in [-0.2, -0.15) is 0 Å². The van der Waals surface area contributed by atoms with Gasteiger partial charge in [0.05, 0.1) is 5.69 Å². The maximum atomic E-state index is 13.3. The van der Waals surface area contributed by atoms with E-state index in [4.69, 9.17) is 26.6 Å². The molecule has 0 aromatic heterocycles. The summed E-state index contributed by atoms with van der Waals surface area (Å²) in [5.74, 6) is -3.74. The van der Waals surface area contributed by atoms with Crippen LogP contribution in [0.25, 0.3) is 11.1 Å². The zero-order chi connectivity index (χ0) is 29.9. The van der Waals surface area contributed by atoms with Crippen LogP contribution in [0.15, 0.2) is 72.8 Å². The Kier molecular flexibility index (Phi) is 11.7. The van der Waals surface area contributed by atoms with Crippen molar-refractivity contribution in [3.8, 4) is 16.9 Å². The molecule has 0 saturated carbocycles. The molecular weight excluding hydrogens is 572 g/mol. The number of unbranched alkanes of at least 4 members (excludes halogenated alkanes) is 2. The molecule has 2 atom stereocenters. The second kappa shape index (κ2) is 15.2. The van der Waals surface area contributed by atoms with E-state index in [-0.39, 0.29) is 12.2 Å². The molecule has 4 N–H and O–H groups in total. The van der Waals surface area contributed by atoms with Crippen LogP contribution in [-0.2, 0) is 32.1 Å². The molecule has 41 heavy (non-hydrogen) atoms. The Balaban J connectivity index is 1.88. The van der Waals surface area contributed by atoms with E-state index in [9.17, 15) is 23.1 Å². The molecule has 3 aromatic carbocycles. The number of rotatable bonds is 15. The Bertz CT molecular complexity index is 1340. The molecule has 1 amide bonds. The first-order valence-corrected chi connectivity index (χ1v) is 14.3. The van der Waals surface area contributed by atoms with E-state index in [1.807, 2.05) is 19.1 Å². The van der Waals surface area contributed by atoms with Crippen molar-refractivity contribution in [1.82, 2.24) is 5.32 Å². The molecule has 0 aliphatic heterocycles. The third kappa shape index (κ3) is 9.04. The van der Waals surface area contributed by atoms with Crippen molar-refractivity contribution in [1.29, 1.82) is 0 Å². The summed E-state index contributed by atoms with van der Waals surface area (Å²) < 4.78 is 29.1. The molecule has 12 heteroatoms. The summed E-state index contributed by atoms with van der Waals surface area (Å²) in [5.41, 5.74) is 2.67. The number of hydrogen-bond acceptors (Lipinski definition) is 5. The van der Waals surface area contributed by atoms with E-state index in [1.54, 1.807) is 36.4 Å². The van der Waals surface area contributed by atoms with Crippen molar-refractivity contribution in [2.45, 2.75) is 44.8 Å². The van der Waals surface area contributed by atoms with E-state index in [0.717, 1.165) is 34.7 Å². The van der Waals surface area contributed by atoms with E-state index in [1.165, 1.54) is 24.3 Å². The van der Waals surface area contributed by atoms with E-state index < -0.39 is 41.3 Å². The molecule has 0 aliphatic rings. The second-order valence-corrected chi connectivity index (χ2v) is 10.4. The van der Waals surface area contributed by atoms with Gasteiger partial charge in [0.15, 0.2) is 0 Å². The number of anilines is 1. The number of nitrogens with zero attached hydrogens (tertiary/aromatic N) is 1. The van der Waals surface area contributed by atoms with Crippen molar-refractivity contribution in [3.05, 3.63) is 83.4 Å². The number of halogens is 1. The van der Waals surface area contributed by atoms with Crippen LogP contribution in [0.4, 0.5) is 5.69 Å². The number of carbonyl (C=O) groups is 3. The number of benzene rings is 3. The molecule has 2 unspecified atom stereocenters. The highest BCUT2D eigenvalue weighted by Gasteiger charge is 2.31. The van der Waals surface area contributed by atoms with Gasteiger partial charge in [0.25, 0.3) is 17.4 Å². The van der Waals surface area contributed by atoms with Gasteiger partial charge in [-0.25, -0.2) is 13.8 Å². The third-order valence-corrected chi connectivity index (χ3v) is 7.24. The van der Waals surface area contributed by atoms with Gasteiger partial charge in [-0.05, 0) is 59.5 Å². The first-order valence-electron chi connectivity index (χ1n) is 12.9. The number of carboxylic acid groups (broad SMARTS) is 2. The third-order valence-electron chi connectivity index (χ3n) is 6.19. The molecule has 218 valence electrons. The van der Waals surface area contributed by atoms with Gasteiger partial charge in [0, 0.05) is 18.0 Å². The van der Waals surface area contributed by atoms with Crippen LogP contribution in [0.2, 0.25) is 5.02 Å². The van der Waals surface area contributed by atoms with Crippen molar-refractivity contribution in [3.63, 3.8) is 0 Å². The molecule has 0 spiro atoms. The van der Waals surface area contributed by atoms with Crippen LogP contribution in [0.5, 0.6) is 5.75 Å². The van der Waals surface area contributed by atoms with Gasteiger partial charge >= 0.3 is 11.9 Å². The van der Waals surface area contributed by atoms with Crippen LogP contribution in [-0.4, -0.2) is 55.5 Å². The minimum Gasteiger partial charge on any atom is -0.478 e. The quantitative estimate of drug-likeness (QED) is 0.110. The Labute approximate surface area is 245 Å². The van der Waals surface area contributed by atoms with Crippen LogP contribution in [0.3, 0.4) is 0 Å². The van der Waals surface area contributed by atoms with Gasteiger partial charge in [-0.1, -0.05) is 67.8 Å². The molecule has 10 nitrogen and oxygen atoms in total. The lowest BCUT2D eigenvalue weighted by Crippen LogP contribution is -2.49. The number of ether oxygens (including phenoxy) is 1. The summed E-state index contributed by atoms with van der Waals surface area (Å²) in [7, 11) is 0. The molecule has 0 heterocycles. The summed E-state index contributed by atoms with van der Waals surface area (Å²) in [5, 5.41) is 21.5. The number of hydrogen-bond donors (Lipinski definition) is 4. The number of amides is 1. The first kappa shape index (κ1) is 31.6. The minimum atomic E-state index is -2.56. The summed E-state index contributed by atoms with van der Waals surface area (Å²) in [6.45, 7) is 2.45. The molecule has 0 fully saturated rings. The van der Waals surface area contributed by atoms with Crippen molar-refractivity contribution >= 4 is 46.4 Å². The van der Waals surface area contributed by atoms with E-state index in [2.05, 4.69) is 5.32 Å². The molecule has 0 radical (unpaired) electrons. The normalized spacial score (nSPS) is 12.4. The van der Waals surface area contributed by atoms with E-state index >= 15 is 0 Å². The fourth-order valence-corrected chi connectivity index (χ4v) is 4.89. The highest BCUT2D eigenvalue weighted by molar-refractivity contribution is 7.80. The Hall–Kier alpha value is -3.93. The van der Waals surface area contributed by atoms with Crippen molar-refractivity contribution in [2.75, 3.05) is 10.8 Å². The average molecular weight is 603 g/mol. The van der Waals surface area contributed by atoms with E-state index in [0.29, 0.717) is 22.8 Å². The predicted octanol–water partition coefficient (Wildman–Crippen LogP) is 4.78. The number of aliphatic carboxylic acids is 2. The van der Waals surface area contributed by atoms with Gasteiger partial charge in [-0.15, -0.1) is 0 Å². The SMILES string of the molecule is CCCCCNC(=O)C(Cc1ccc(OC(C(=O)O)C(=O)O)cc1)N(c1ccc(-c2ccc(Cl)cc2)cc1)S(=O)O. The predicted molar refractivity (Wildman–Crippen MR) is 156 cm³/mol. The zero-order valence-corrected chi connectivity index (χ0v) is 23.8. The largest absolute Gasteiger partial charge is 0.478 e. The number of carboxylic acids is 2. The van der Waals surface area contributed by atoms with Crippen LogP contribution in [0, 0.1) is 0 Å². The second-order valence-electron chi connectivity index (χ2n) is 9.15. The zero-order valence-electron chi connectivity index (χ0n) is 22.2. The highest BCUT2D eigenvalue weighted by Crippen LogP contribution is 2.27. The van der Waals surface area contributed by atoms with Crippen LogP contribution >= 0.6 is 11.6 Å². The monoisotopic (exact) mass is 602 g/mol. The highest BCUT2D eigenvalue weighted by atomic mass is 35.5.